The molecule has 1 aliphatic carbocycles. The molecule has 9 heteroatoms. The van der Waals surface area contributed by atoms with E-state index >= 15 is 0 Å². The van der Waals surface area contributed by atoms with Crippen molar-refractivity contribution in [2.24, 2.45) is 0 Å². The van der Waals surface area contributed by atoms with Crippen molar-refractivity contribution in [3.8, 4) is 5.75 Å². The highest BCUT2D eigenvalue weighted by atomic mass is 32.1. The number of ketones is 1. The zero-order chi connectivity index (χ0) is 21.1. The van der Waals surface area contributed by atoms with E-state index in [-0.39, 0.29) is 34.6 Å². The molecule has 4 N–H and O–H groups in total. The Bertz CT molecular complexity index is 940. The fraction of sp³-hybridized carbons (Fsp3) is 0.300. The highest BCUT2D eigenvalue weighted by Gasteiger charge is 2.40. The van der Waals surface area contributed by atoms with Gasteiger partial charge in [-0.1, -0.05) is 12.1 Å². The zero-order valence-electron chi connectivity index (χ0n) is 16.3. The van der Waals surface area contributed by atoms with Crippen molar-refractivity contribution < 1.29 is 24.5 Å². The molecule has 1 aromatic carbocycles. The minimum absolute atomic E-state index is 0.110. The highest BCUT2D eigenvalue weighted by molar-refractivity contribution is 7.10. The molecule has 2 aromatic rings. The van der Waals surface area contributed by atoms with Crippen molar-refractivity contribution >= 4 is 28.7 Å². The van der Waals surface area contributed by atoms with Crippen molar-refractivity contribution in [2.75, 3.05) is 33.1 Å². The van der Waals surface area contributed by atoms with E-state index in [1.807, 2.05) is 17.5 Å². The Labute approximate surface area is 172 Å². The van der Waals surface area contributed by atoms with E-state index in [0.717, 1.165) is 4.88 Å². The number of benzene rings is 1. The van der Waals surface area contributed by atoms with E-state index in [1.165, 1.54) is 22.3 Å². The van der Waals surface area contributed by atoms with Crippen LogP contribution in [0.1, 0.15) is 21.3 Å². The number of carbonyl (C=O) groups is 2. The Morgan fingerprint density at radius 2 is 2.07 bits per heavy atom. The summed E-state index contributed by atoms with van der Waals surface area (Å²) in [5.74, 6) is -1.13. The maximum absolute atomic E-state index is 12.2. The van der Waals surface area contributed by atoms with Crippen LogP contribution in [0.2, 0.25) is 0 Å². The second-order valence-corrected chi connectivity index (χ2v) is 7.73. The first-order chi connectivity index (χ1) is 13.8. The van der Waals surface area contributed by atoms with Gasteiger partial charge in [0, 0.05) is 26.1 Å². The van der Waals surface area contributed by atoms with E-state index in [0.29, 0.717) is 12.3 Å². The first-order valence-corrected chi connectivity index (χ1v) is 9.79. The van der Waals surface area contributed by atoms with E-state index in [1.54, 1.807) is 33.3 Å². The average Bonchev–Trinajstić information content (AvgIpc) is 3.24. The predicted octanol–water partition coefficient (Wildman–Crippen LogP) is 1.70. The summed E-state index contributed by atoms with van der Waals surface area (Å²) in [4.78, 5) is 26.8. The number of phenols is 1. The molecule has 0 saturated heterocycles. The van der Waals surface area contributed by atoms with Gasteiger partial charge in [-0.3, -0.25) is 9.59 Å². The molecule has 0 aliphatic heterocycles. The molecule has 0 bridgehead atoms. The quantitative estimate of drug-likeness (QED) is 0.484. The summed E-state index contributed by atoms with van der Waals surface area (Å²) in [7, 11) is 4.74. The molecule has 0 fully saturated rings. The Kier molecular flexibility index (Phi) is 6.21. The number of methoxy groups -OCH3 is 1. The number of rotatable bonds is 8. The first kappa shape index (κ1) is 20.8. The minimum Gasteiger partial charge on any atom is -0.505 e. The summed E-state index contributed by atoms with van der Waals surface area (Å²) in [5.41, 5.74) is 0.763. The van der Waals surface area contributed by atoms with Gasteiger partial charge in [-0.05, 0) is 23.6 Å². The molecule has 3 rings (SSSR count). The number of para-hydroxylation sites is 1. The monoisotopic (exact) mass is 417 g/mol. The second kappa shape index (κ2) is 8.64. The number of anilines is 1. The summed E-state index contributed by atoms with van der Waals surface area (Å²) < 4.78 is 5.25. The lowest BCUT2D eigenvalue weighted by Gasteiger charge is -2.32. The molecule has 29 heavy (non-hydrogen) atoms. The number of nitrogens with one attached hydrogen (secondary N) is 2. The molecule has 1 aromatic heterocycles. The van der Waals surface area contributed by atoms with Gasteiger partial charge in [0.2, 0.25) is 5.78 Å². The van der Waals surface area contributed by atoms with Gasteiger partial charge in [0.15, 0.2) is 11.9 Å². The average molecular weight is 417 g/mol. The van der Waals surface area contributed by atoms with Crippen LogP contribution in [0.3, 0.4) is 0 Å². The summed E-state index contributed by atoms with van der Waals surface area (Å²) in [6, 6.07) is 8.25. The van der Waals surface area contributed by atoms with Crippen LogP contribution in [-0.2, 0) is 9.53 Å². The number of thiophene rings is 1. The lowest BCUT2D eigenvalue weighted by atomic mass is 9.93. The number of aliphatic hydroxyl groups is 1. The van der Waals surface area contributed by atoms with Crippen molar-refractivity contribution in [2.45, 2.75) is 12.1 Å². The number of nitrogens with zero attached hydrogens (tertiary/aromatic N) is 1. The number of ether oxygens (including phenoxy) is 1. The smallest absolute Gasteiger partial charge is 0.257 e. The van der Waals surface area contributed by atoms with Gasteiger partial charge in [0.1, 0.15) is 5.70 Å². The topological polar surface area (TPSA) is 111 Å². The molecule has 1 amide bonds. The molecule has 8 nitrogen and oxygen atoms in total. The summed E-state index contributed by atoms with van der Waals surface area (Å²) in [6.45, 7) is 0.344. The number of hydrogen-bond donors (Lipinski definition) is 4. The lowest BCUT2D eigenvalue weighted by Crippen LogP contribution is -2.47. The highest BCUT2D eigenvalue weighted by Crippen LogP contribution is 2.33. The number of carbonyl (C=O) groups excluding carboxylic acids is 2. The van der Waals surface area contributed by atoms with Gasteiger partial charge in [-0.2, -0.15) is 0 Å². The van der Waals surface area contributed by atoms with E-state index in [2.05, 4.69) is 10.6 Å². The summed E-state index contributed by atoms with van der Waals surface area (Å²) in [6.07, 6.45) is -1.29. The SMILES string of the molecule is COCC(NC1=C(Nc2cccc(C(=O)N(C)C)c2O)C(=O)C1O)c1cccs1. The van der Waals surface area contributed by atoms with Crippen molar-refractivity contribution in [1.82, 2.24) is 10.2 Å². The number of hydrogen-bond acceptors (Lipinski definition) is 8. The van der Waals surface area contributed by atoms with Crippen molar-refractivity contribution in [3.63, 3.8) is 0 Å². The van der Waals surface area contributed by atoms with Crippen LogP contribution in [0.5, 0.6) is 5.75 Å². The van der Waals surface area contributed by atoms with E-state index in [9.17, 15) is 19.8 Å². The molecular weight excluding hydrogens is 394 g/mol. The van der Waals surface area contributed by atoms with Crippen LogP contribution in [0, 0.1) is 0 Å². The third-order valence-electron chi connectivity index (χ3n) is 4.52. The van der Waals surface area contributed by atoms with Gasteiger partial charge in [0.25, 0.3) is 5.91 Å². The predicted molar refractivity (Wildman–Crippen MR) is 110 cm³/mol. The number of aliphatic hydroxyl groups excluding tert-OH is 1. The third kappa shape index (κ3) is 4.12. The van der Waals surface area contributed by atoms with Crippen molar-refractivity contribution in [3.05, 3.63) is 57.5 Å². The van der Waals surface area contributed by atoms with E-state index in [4.69, 9.17) is 4.74 Å². The van der Waals surface area contributed by atoms with Crippen LogP contribution >= 0.6 is 11.3 Å². The normalized spacial score (nSPS) is 17.0. The van der Waals surface area contributed by atoms with Crippen LogP contribution in [0.25, 0.3) is 0 Å². The van der Waals surface area contributed by atoms with Gasteiger partial charge in [-0.25, -0.2) is 0 Å². The lowest BCUT2D eigenvalue weighted by molar-refractivity contribution is -0.124. The molecule has 1 aliphatic rings. The van der Waals surface area contributed by atoms with Crippen LogP contribution in [0.4, 0.5) is 5.69 Å². The Balaban J connectivity index is 1.89. The maximum atomic E-state index is 12.2. The second-order valence-electron chi connectivity index (χ2n) is 6.75. The Hall–Kier alpha value is -2.88. The molecule has 0 spiro atoms. The van der Waals surface area contributed by atoms with Crippen LogP contribution in [-0.4, -0.2) is 60.7 Å². The van der Waals surface area contributed by atoms with E-state index < -0.39 is 11.9 Å². The van der Waals surface area contributed by atoms with Gasteiger partial charge in [-0.15, -0.1) is 11.3 Å². The summed E-state index contributed by atoms with van der Waals surface area (Å²) >= 11 is 1.53. The maximum Gasteiger partial charge on any atom is 0.257 e. The minimum atomic E-state index is -1.29. The number of aromatic hydroxyl groups is 1. The molecule has 2 unspecified atom stereocenters. The zero-order valence-corrected chi connectivity index (χ0v) is 17.1. The molecule has 0 saturated carbocycles. The largest absolute Gasteiger partial charge is 0.505 e. The van der Waals surface area contributed by atoms with Gasteiger partial charge < -0.3 is 30.5 Å². The molecular formula is C20H23N3O5S. The molecule has 154 valence electrons. The molecule has 2 atom stereocenters. The number of Topliss-reactive ketones (excluding diaryl/α,β-unsaturated/α-hetero) is 1. The third-order valence-corrected chi connectivity index (χ3v) is 5.51. The standard InChI is InChI=1S/C20H23N3O5S/c1-23(2)20(27)11-6-4-7-12(17(11)24)21-15-16(19(26)18(15)25)22-13(10-28-3)14-8-5-9-29-14/h4-9,13,19,21-22,24,26H,10H2,1-3H3. The van der Waals surface area contributed by atoms with Crippen LogP contribution < -0.4 is 10.6 Å². The number of phenolic OH excluding ortho intramolecular Hbond substituents is 1. The molecule has 1 heterocycles. The fourth-order valence-electron chi connectivity index (χ4n) is 2.97. The van der Waals surface area contributed by atoms with Gasteiger partial charge in [0.05, 0.1) is 29.6 Å². The van der Waals surface area contributed by atoms with Gasteiger partial charge >= 0.3 is 0 Å². The number of amides is 1. The van der Waals surface area contributed by atoms with Crippen LogP contribution in [0.15, 0.2) is 47.1 Å². The Morgan fingerprint density at radius 1 is 1.31 bits per heavy atom. The fourth-order valence-corrected chi connectivity index (χ4v) is 3.73. The first-order valence-electron chi connectivity index (χ1n) is 8.91. The Morgan fingerprint density at radius 3 is 2.69 bits per heavy atom. The van der Waals surface area contributed by atoms with Crippen molar-refractivity contribution in [1.29, 1.82) is 0 Å². The molecule has 0 radical (unpaired) electrons. The summed E-state index contributed by atoms with van der Waals surface area (Å²) in [5, 5.41) is 28.6.